The van der Waals surface area contributed by atoms with E-state index in [-0.39, 0.29) is 5.76 Å². The average Bonchev–Trinajstić information content (AvgIpc) is 2.65. The molecule has 1 heterocycles. The molecule has 1 spiro atoms. The first-order valence-corrected chi connectivity index (χ1v) is 10.7. The van der Waals surface area contributed by atoms with Gasteiger partial charge < -0.3 is 9.84 Å². The number of rotatable bonds is 3. The van der Waals surface area contributed by atoms with E-state index < -0.39 is 11.6 Å². The minimum atomic E-state index is -0.729. The predicted octanol–water partition coefficient (Wildman–Crippen LogP) is 6.16. The molecular formula is C24H26O3S. The van der Waals surface area contributed by atoms with Crippen molar-refractivity contribution >= 4 is 17.7 Å². The number of carbonyl (C=O) groups is 1. The summed E-state index contributed by atoms with van der Waals surface area (Å²) in [7, 11) is 0. The lowest BCUT2D eigenvalue weighted by Gasteiger charge is -2.41. The number of aliphatic hydroxyl groups is 1. The number of carbonyl (C=O) groups excluding carboxylic acids is 1. The molecule has 1 aliphatic carbocycles. The van der Waals surface area contributed by atoms with E-state index in [4.69, 9.17) is 4.74 Å². The van der Waals surface area contributed by atoms with Gasteiger partial charge in [0.2, 0.25) is 0 Å². The Labute approximate surface area is 170 Å². The Kier molecular flexibility index (Phi) is 5.00. The Morgan fingerprint density at radius 2 is 1.96 bits per heavy atom. The van der Waals surface area contributed by atoms with E-state index in [1.165, 1.54) is 22.9 Å². The molecule has 1 unspecified atom stereocenters. The van der Waals surface area contributed by atoms with E-state index in [2.05, 4.69) is 38.1 Å². The zero-order valence-electron chi connectivity index (χ0n) is 16.6. The third-order valence-corrected chi connectivity index (χ3v) is 6.91. The van der Waals surface area contributed by atoms with Crippen LogP contribution in [0.1, 0.15) is 61.3 Å². The van der Waals surface area contributed by atoms with Crippen LogP contribution in [0.5, 0.6) is 0 Å². The molecular weight excluding hydrogens is 368 g/mol. The highest BCUT2D eigenvalue weighted by molar-refractivity contribution is 8.04. The molecule has 3 nitrogen and oxygen atoms in total. The van der Waals surface area contributed by atoms with Gasteiger partial charge in [0.1, 0.15) is 16.3 Å². The lowest BCUT2D eigenvalue weighted by molar-refractivity contribution is -0.161. The summed E-state index contributed by atoms with van der Waals surface area (Å²) in [5.74, 6) is 0.0675. The molecule has 0 radical (unpaired) electrons. The highest BCUT2D eigenvalue weighted by Crippen LogP contribution is 2.48. The first-order valence-electron chi connectivity index (χ1n) is 9.92. The van der Waals surface area contributed by atoms with Gasteiger partial charge in [-0.15, -0.1) is 0 Å². The number of aryl methyl sites for hydroxylation is 2. The number of thioether (sulfide) groups is 1. The summed E-state index contributed by atoms with van der Waals surface area (Å²) in [4.78, 5) is 14.3. The van der Waals surface area contributed by atoms with Crippen LogP contribution in [0.25, 0.3) is 0 Å². The normalized spacial score (nSPS) is 21.8. The van der Waals surface area contributed by atoms with Crippen molar-refractivity contribution in [3.63, 3.8) is 0 Å². The van der Waals surface area contributed by atoms with Gasteiger partial charge in [-0.2, -0.15) is 0 Å². The van der Waals surface area contributed by atoms with Crippen LogP contribution in [0.2, 0.25) is 0 Å². The molecule has 0 saturated carbocycles. The molecule has 0 saturated heterocycles. The van der Waals surface area contributed by atoms with Crippen LogP contribution in [0.15, 0.2) is 58.0 Å². The van der Waals surface area contributed by atoms with Crippen molar-refractivity contribution in [3.05, 3.63) is 75.4 Å². The van der Waals surface area contributed by atoms with Crippen molar-refractivity contribution in [1.82, 2.24) is 0 Å². The van der Waals surface area contributed by atoms with Crippen LogP contribution < -0.4 is 0 Å². The van der Waals surface area contributed by atoms with Crippen molar-refractivity contribution in [1.29, 1.82) is 0 Å². The SMILES string of the molecule is Cc1ccc(C(C)C)c(SC2=C(O)CC3(CCCc4ccccc43)OC2=O)c1. The molecule has 0 aromatic heterocycles. The van der Waals surface area contributed by atoms with Crippen molar-refractivity contribution < 1.29 is 14.6 Å². The van der Waals surface area contributed by atoms with Gasteiger partial charge in [0.15, 0.2) is 0 Å². The summed E-state index contributed by atoms with van der Waals surface area (Å²) < 4.78 is 6.05. The zero-order valence-corrected chi connectivity index (χ0v) is 17.4. The van der Waals surface area contributed by atoms with Crippen LogP contribution in [0.4, 0.5) is 0 Å². The fraction of sp³-hybridized carbons (Fsp3) is 0.375. The first-order chi connectivity index (χ1) is 13.4. The van der Waals surface area contributed by atoms with Crippen LogP contribution in [0.3, 0.4) is 0 Å². The standard InChI is InChI=1S/C24H26O3S/c1-15(2)18-11-10-16(3)13-21(18)28-22-20(25)14-24(27-23(22)26)12-6-8-17-7-4-5-9-19(17)24/h4-5,7,9-11,13,15,25H,6,8,12,14H2,1-3H3. The number of benzene rings is 2. The lowest BCUT2D eigenvalue weighted by Crippen LogP contribution is -2.40. The van der Waals surface area contributed by atoms with E-state index in [1.807, 2.05) is 25.1 Å². The second-order valence-electron chi connectivity index (χ2n) is 8.15. The maximum atomic E-state index is 13.0. The van der Waals surface area contributed by atoms with Crippen LogP contribution in [-0.2, 0) is 21.6 Å². The van der Waals surface area contributed by atoms with Gasteiger partial charge in [-0.1, -0.05) is 62.0 Å². The molecule has 0 bridgehead atoms. The fourth-order valence-corrected chi connectivity index (χ4v) is 5.52. The smallest absolute Gasteiger partial charge is 0.349 e. The number of esters is 1. The minimum absolute atomic E-state index is 0.147. The Balaban J connectivity index is 1.70. The molecule has 0 fully saturated rings. The number of fused-ring (bicyclic) bond motifs is 2. The van der Waals surface area contributed by atoms with Gasteiger partial charge in [0.05, 0.1) is 6.42 Å². The molecule has 28 heavy (non-hydrogen) atoms. The highest BCUT2D eigenvalue weighted by Gasteiger charge is 2.46. The van der Waals surface area contributed by atoms with Crippen molar-refractivity contribution in [2.75, 3.05) is 0 Å². The van der Waals surface area contributed by atoms with Crippen LogP contribution >= 0.6 is 11.8 Å². The topological polar surface area (TPSA) is 46.5 Å². The molecule has 4 heteroatoms. The number of hydrogen-bond donors (Lipinski definition) is 1. The maximum absolute atomic E-state index is 13.0. The van der Waals surface area contributed by atoms with E-state index >= 15 is 0 Å². The second-order valence-corrected chi connectivity index (χ2v) is 9.20. The molecule has 2 aromatic carbocycles. The third-order valence-electron chi connectivity index (χ3n) is 5.73. The molecule has 4 rings (SSSR count). The fourth-order valence-electron chi connectivity index (χ4n) is 4.32. The number of aliphatic hydroxyl groups excluding tert-OH is 1. The van der Waals surface area contributed by atoms with Gasteiger partial charge >= 0.3 is 5.97 Å². The minimum Gasteiger partial charge on any atom is -0.511 e. The highest BCUT2D eigenvalue weighted by atomic mass is 32.2. The van der Waals surface area contributed by atoms with E-state index in [0.29, 0.717) is 17.2 Å². The second kappa shape index (κ2) is 7.32. The number of ether oxygens (including phenoxy) is 1. The largest absolute Gasteiger partial charge is 0.511 e. The zero-order chi connectivity index (χ0) is 19.9. The monoisotopic (exact) mass is 394 g/mol. The summed E-state index contributed by atoms with van der Waals surface area (Å²) in [5.41, 5.74) is 3.84. The molecule has 1 N–H and O–H groups in total. The summed E-state index contributed by atoms with van der Waals surface area (Å²) >= 11 is 1.33. The summed E-state index contributed by atoms with van der Waals surface area (Å²) in [6, 6.07) is 14.4. The van der Waals surface area contributed by atoms with Gasteiger partial charge in [-0.3, -0.25) is 0 Å². The van der Waals surface area contributed by atoms with E-state index in [9.17, 15) is 9.90 Å². The van der Waals surface area contributed by atoms with Gasteiger partial charge in [0.25, 0.3) is 0 Å². The Hall–Kier alpha value is -2.20. The van der Waals surface area contributed by atoms with Crippen molar-refractivity contribution in [3.8, 4) is 0 Å². The quantitative estimate of drug-likeness (QED) is 0.633. The first kappa shape index (κ1) is 19.1. The van der Waals surface area contributed by atoms with Crippen molar-refractivity contribution in [2.45, 2.75) is 62.9 Å². The third kappa shape index (κ3) is 3.35. The summed E-state index contributed by atoms with van der Waals surface area (Å²) in [6.07, 6.45) is 3.04. The van der Waals surface area contributed by atoms with E-state index in [1.54, 1.807) is 0 Å². The molecule has 1 aliphatic heterocycles. The molecule has 1 atom stereocenters. The Morgan fingerprint density at radius 3 is 2.71 bits per heavy atom. The molecule has 2 aromatic rings. The van der Waals surface area contributed by atoms with Crippen LogP contribution in [0, 0.1) is 6.92 Å². The molecule has 146 valence electrons. The van der Waals surface area contributed by atoms with Gasteiger partial charge in [-0.05, 0) is 60.4 Å². The summed E-state index contributed by atoms with van der Waals surface area (Å²) in [6.45, 7) is 6.31. The Bertz CT molecular complexity index is 960. The predicted molar refractivity (Wildman–Crippen MR) is 113 cm³/mol. The lowest BCUT2D eigenvalue weighted by atomic mass is 9.76. The van der Waals surface area contributed by atoms with Gasteiger partial charge in [0, 0.05) is 4.90 Å². The maximum Gasteiger partial charge on any atom is 0.349 e. The Morgan fingerprint density at radius 1 is 1.18 bits per heavy atom. The molecule has 2 aliphatic rings. The van der Waals surface area contributed by atoms with Crippen molar-refractivity contribution in [2.24, 2.45) is 0 Å². The van der Waals surface area contributed by atoms with Crippen LogP contribution in [-0.4, -0.2) is 11.1 Å². The van der Waals surface area contributed by atoms with E-state index in [0.717, 1.165) is 35.3 Å². The molecule has 0 amide bonds. The average molecular weight is 395 g/mol. The van der Waals surface area contributed by atoms with Gasteiger partial charge in [-0.25, -0.2) is 4.79 Å². The number of hydrogen-bond acceptors (Lipinski definition) is 4. The summed E-state index contributed by atoms with van der Waals surface area (Å²) in [5, 5.41) is 10.9.